The second kappa shape index (κ2) is 10.7. The van der Waals surface area contributed by atoms with Crippen molar-refractivity contribution in [2.24, 2.45) is 0 Å². The zero-order valence-corrected chi connectivity index (χ0v) is 20.9. The monoisotopic (exact) mass is 495 g/mol. The van der Waals surface area contributed by atoms with Crippen LogP contribution in [0.3, 0.4) is 0 Å². The Hall–Kier alpha value is -4.40. The standard InChI is InChI=1S/C28H29N7O2/c1-18(20-5-3-6-21-22(28(37)29-2)10-13-32-27(20)21)8-11-30-24-16-23(33-17-34-24)19-9-12-31-25(15-19)35-14-4-7-26(35)36/h3,5-6,9-10,12-13,15-18H,4,7-8,11,14H2,1-2H3,(H,29,37)(H,30,33,34). The maximum absolute atomic E-state index is 12.3. The van der Waals surface area contributed by atoms with Crippen molar-refractivity contribution >= 4 is 34.4 Å². The highest BCUT2D eigenvalue weighted by Crippen LogP contribution is 2.29. The predicted molar refractivity (Wildman–Crippen MR) is 144 cm³/mol. The molecule has 1 saturated heterocycles. The zero-order valence-electron chi connectivity index (χ0n) is 20.9. The molecule has 1 atom stereocenters. The fourth-order valence-electron chi connectivity index (χ4n) is 4.73. The van der Waals surface area contributed by atoms with Crippen LogP contribution in [0.4, 0.5) is 11.6 Å². The topological polar surface area (TPSA) is 113 Å². The van der Waals surface area contributed by atoms with Crippen LogP contribution in [0.1, 0.15) is 48.0 Å². The molecule has 1 aliphatic heterocycles. The third kappa shape index (κ3) is 5.11. The lowest BCUT2D eigenvalue weighted by molar-refractivity contribution is -0.117. The molecule has 37 heavy (non-hydrogen) atoms. The fraction of sp³-hybridized carbons (Fsp3) is 0.286. The van der Waals surface area contributed by atoms with E-state index in [-0.39, 0.29) is 17.7 Å². The Labute approximate surface area is 215 Å². The maximum atomic E-state index is 12.3. The smallest absolute Gasteiger partial charge is 0.251 e. The van der Waals surface area contributed by atoms with Gasteiger partial charge < -0.3 is 10.6 Å². The lowest BCUT2D eigenvalue weighted by atomic mass is 9.94. The SMILES string of the molecule is CNC(=O)c1ccnc2c(C(C)CCNc3cc(-c4ccnc(N5CCCC5=O)c4)ncn3)cccc12. The summed E-state index contributed by atoms with van der Waals surface area (Å²) < 4.78 is 0. The van der Waals surface area contributed by atoms with Gasteiger partial charge in [-0.2, -0.15) is 0 Å². The number of hydrogen-bond donors (Lipinski definition) is 2. The van der Waals surface area contributed by atoms with Gasteiger partial charge in [0.2, 0.25) is 5.91 Å². The molecule has 0 saturated carbocycles. The molecule has 2 amide bonds. The number of carbonyl (C=O) groups excluding carboxylic acids is 2. The van der Waals surface area contributed by atoms with Gasteiger partial charge in [-0.05, 0) is 42.5 Å². The van der Waals surface area contributed by atoms with E-state index in [0.717, 1.165) is 46.4 Å². The van der Waals surface area contributed by atoms with E-state index in [9.17, 15) is 9.59 Å². The van der Waals surface area contributed by atoms with Gasteiger partial charge in [0.05, 0.1) is 16.8 Å². The highest BCUT2D eigenvalue weighted by atomic mass is 16.2. The summed E-state index contributed by atoms with van der Waals surface area (Å²) >= 11 is 0. The molecule has 1 unspecified atom stereocenters. The average Bonchev–Trinajstić information content (AvgIpc) is 3.38. The van der Waals surface area contributed by atoms with Crippen LogP contribution in [0.2, 0.25) is 0 Å². The summed E-state index contributed by atoms with van der Waals surface area (Å²) in [5.74, 6) is 1.59. The molecule has 1 aliphatic rings. The van der Waals surface area contributed by atoms with Crippen molar-refractivity contribution in [3.63, 3.8) is 0 Å². The van der Waals surface area contributed by atoms with E-state index < -0.39 is 0 Å². The average molecular weight is 496 g/mol. The van der Waals surface area contributed by atoms with Crippen molar-refractivity contribution in [3.8, 4) is 11.3 Å². The lowest BCUT2D eigenvalue weighted by Gasteiger charge is -2.16. The Morgan fingerprint density at radius 3 is 2.76 bits per heavy atom. The molecule has 0 aliphatic carbocycles. The normalized spacial score (nSPS) is 14.1. The third-order valence-electron chi connectivity index (χ3n) is 6.75. The summed E-state index contributed by atoms with van der Waals surface area (Å²) in [5, 5.41) is 6.96. The van der Waals surface area contributed by atoms with Crippen molar-refractivity contribution in [1.29, 1.82) is 0 Å². The molecule has 4 aromatic rings. The molecule has 0 radical (unpaired) electrons. The number of nitrogens with one attached hydrogen (secondary N) is 2. The van der Waals surface area contributed by atoms with Crippen LogP contribution in [0.5, 0.6) is 0 Å². The molecular weight excluding hydrogens is 466 g/mol. The van der Waals surface area contributed by atoms with E-state index in [0.29, 0.717) is 30.9 Å². The van der Waals surface area contributed by atoms with E-state index in [1.165, 1.54) is 6.33 Å². The first-order valence-corrected chi connectivity index (χ1v) is 12.5. The Balaban J connectivity index is 1.27. The molecule has 3 aromatic heterocycles. The summed E-state index contributed by atoms with van der Waals surface area (Å²) in [6, 6.07) is 13.4. The maximum Gasteiger partial charge on any atom is 0.251 e. The minimum atomic E-state index is -0.119. The second-order valence-corrected chi connectivity index (χ2v) is 9.14. The molecule has 0 spiro atoms. The van der Waals surface area contributed by atoms with Crippen molar-refractivity contribution < 1.29 is 9.59 Å². The number of aromatic nitrogens is 4. The molecule has 4 heterocycles. The number of nitrogens with zero attached hydrogens (tertiary/aromatic N) is 5. The van der Waals surface area contributed by atoms with Crippen LogP contribution in [0, 0.1) is 0 Å². The van der Waals surface area contributed by atoms with Gasteiger partial charge >= 0.3 is 0 Å². The highest BCUT2D eigenvalue weighted by molar-refractivity contribution is 6.06. The highest BCUT2D eigenvalue weighted by Gasteiger charge is 2.23. The van der Waals surface area contributed by atoms with Gasteiger partial charge in [0.15, 0.2) is 0 Å². The molecule has 0 bridgehead atoms. The number of amides is 2. The van der Waals surface area contributed by atoms with Crippen molar-refractivity contribution in [1.82, 2.24) is 25.3 Å². The van der Waals surface area contributed by atoms with Crippen LogP contribution in [0.25, 0.3) is 22.2 Å². The number of benzene rings is 1. The van der Waals surface area contributed by atoms with Gasteiger partial charge in [-0.1, -0.05) is 25.1 Å². The van der Waals surface area contributed by atoms with Gasteiger partial charge in [0.1, 0.15) is 18.0 Å². The largest absolute Gasteiger partial charge is 0.370 e. The third-order valence-corrected chi connectivity index (χ3v) is 6.75. The Bertz CT molecular complexity index is 1460. The summed E-state index contributed by atoms with van der Waals surface area (Å²) in [6.45, 7) is 3.56. The second-order valence-electron chi connectivity index (χ2n) is 9.14. The van der Waals surface area contributed by atoms with Crippen LogP contribution < -0.4 is 15.5 Å². The molecule has 9 nitrogen and oxygen atoms in total. The number of pyridine rings is 2. The number of fused-ring (bicyclic) bond motifs is 1. The first kappa shape index (κ1) is 24.3. The first-order valence-electron chi connectivity index (χ1n) is 12.5. The predicted octanol–water partition coefficient (Wildman–Crippen LogP) is 4.18. The van der Waals surface area contributed by atoms with Crippen molar-refractivity contribution in [2.45, 2.75) is 32.1 Å². The van der Waals surface area contributed by atoms with Gasteiger partial charge in [-0.3, -0.25) is 19.5 Å². The number of hydrogen-bond acceptors (Lipinski definition) is 7. The van der Waals surface area contributed by atoms with Crippen LogP contribution in [-0.4, -0.2) is 51.9 Å². The van der Waals surface area contributed by atoms with Gasteiger partial charge in [-0.15, -0.1) is 0 Å². The molecule has 188 valence electrons. The van der Waals surface area contributed by atoms with Crippen molar-refractivity contribution in [3.05, 3.63) is 72.3 Å². The molecule has 9 heteroatoms. The van der Waals surface area contributed by atoms with Crippen LogP contribution in [0.15, 0.2) is 61.2 Å². The molecule has 5 rings (SSSR count). The van der Waals surface area contributed by atoms with Gasteiger partial charge in [0, 0.05) is 56.0 Å². The Morgan fingerprint density at radius 2 is 1.95 bits per heavy atom. The molecule has 1 fully saturated rings. The van der Waals surface area contributed by atoms with Crippen LogP contribution >= 0.6 is 0 Å². The van der Waals surface area contributed by atoms with Crippen LogP contribution in [-0.2, 0) is 4.79 Å². The van der Waals surface area contributed by atoms with Gasteiger partial charge in [0.25, 0.3) is 5.91 Å². The number of anilines is 2. The summed E-state index contributed by atoms with van der Waals surface area (Å²) in [6.07, 6.45) is 7.21. The molecule has 1 aromatic carbocycles. The van der Waals surface area contributed by atoms with E-state index in [2.05, 4.69) is 43.6 Å². The van der Waals surface area contributed by atoms with Crippen molar-refractivity contribution in [2.75, 3.05) is 30.4 Å². The van der Waals surface area contributed by atoms with E-state index in [4.69, 9.17) is 0 Å². The number of carbonyl (C=O) groups is 2. The summed E-state index contributed by atoms with van der Waals surface area (Å²) in [5.41, 5.74) is 4.24. The number of rotatable bonds is 8. The molecule has 2 N–H and O–H groups in total. The van der Waals surface area contributed by atoms with Gasteiger partial charge in [-0.25, -0.2) is 15.0 Å². The fourth-order valence-corrected chi connectivity index (χ4v) is 4.73. The zero-order chi connectivity index (χ0) is 25.8. The Morgan fingerprint density at radius 1 is 1.08 bits per heavy atom. The van der Waals surface area contributed by atoms with E-state index >= 15 is 0 Å². The Kier molecular flexibility index (Phi) is 7.02. The number of para-hydroxylation sites is 1. The quantitative estimate of drug-likeness (QED) is 0.377. The molecular formula is C28H29N7O2. The summed E-state index contributed by atoms with van der Waals surface area (Å²) in [4.78, 5) is 43.9. The lowest BCUT2D eigenvalue weighted by Crippen LogP contribution is -2.24. The first-order chi connectivity index (χ1) is 18.0. The summed E-state index contributed by atoms with van der Waals surface area (Å²) in [7, 11) is 1.63. The van der Waals surface area contributed by atoms with E-state index in [1.54, 1.807) is 30.4 Å². The minimum Gasteiger partial charge on any atom is -0.370 e. The van der Waals surface area contributed by atoms with E-state index in [1.807, 2.05) is 30.3 Å². The minimum absolute atomic E-state index is 0.107.